The highest BCUT2D eigenvalue weighted by Crippen LogP contribution is 2.64. The Bertz CT molecular complexity index is 920. The quantitative estimate of drug-likeness (QED) is 0.209. The summed E-state index contributed by atoms with van der Waals surface area (Å²) in [5.41, 5.74) is -3.33. The van der Waals surface area contributed by atoms with Gasteiger partial charge in [-0.05, 0) is 0 Å². The van der Waals surface area contributed by atoms with Crippen molar-refractivity contribution in [2.45, 2.75) is 54.1 Å². The van der Waals surface area contributed by atoms with E-state index >= 15 is 0 Å². The zero-order chi connectivity index (χ0) is 31.7. The molecule has 0 aromatic carbocycles. The van der Waals surface area contributed by atoms with E-state index in [1.807, 2.05) is 0 Å². The Labute approximate surface area is 197 Å². The third-order valence-electron chi connectivity index (χ3n) is 4.08. The van der Waals surface area contributed by atoms with Gasteiger partial charge in [0.25, 0.3) is 0 Å². The lowest BCUT2D eigenvalue weighted by Gasteiger charge is -2.42. The van der Waals surface area contributed by atoms with Crippen molar-refractivity contribution in [2.24, 2.45) is 0 Å². The highest BCUT2D eigenvalue weighted by molar-refractivity contribution is 5.88. The molecule has 22 heteroatoms. The summed E-state index contributed by atoms with van der Waals surface area (Å²) in [4.78, 5) is 20.0. The Balaban J connectivity index is 0. The number of aliphatic carboxylic acids is 2. The standard InChI is InChI=1S/C11H3F17O2.C5H8O3/c1-2(3(29)30)4(12,13)5(14,15)6(16,17)7(18,19)8(20,21)9(22,23)10(24,25)11(26,27)28;1-4(2-3-6)5(7)8/h1H2,(H,29,30);6H,1-3H2,(H,7,8). The summed E-state index contributed by atoms with van der Waals surface area (Å²) >= 11 is 0. The van der Waals surface area contributed by atoms with Gasteiger partial charge in [-0.15, -0.1) is 0 Å². The normalized spacial score (nSPS) is 14.4. The van der Waals surface area contributed by atoms with Crippen LogP contribution in [0.25, 0.3) is 0 Å². The summed E-state index contributed by atoms with van der Waals surface area (Å²) in [5.74, 6) is -62.5. The molecule has 0 spiro atoms. The Morgan fingerprint density at radius 1 is 0.526 bits per heavy atom. The predicted octanol–water partition coefficient (Wildman–Crippen LogP) is 5.65. The van der Waals surface area contributed by atoms with Crippen LogP contribution in [0.1, 0.15) is 6.42 Å². The number of alkyl halides is 17. The third kappa shape index (κ3) is 5.77. The first kappa shape index (κ1) is 37.3. The van der Waals surface area contributed by atoms with Crippen LogP contribution in [0.5, 0.6) is 0 Å². The van der Waals surface area contributed by atoms with Crippen LogP contribution < -0.4 is 0 Å². The third-order valence-corrected chi connectivity index (χ3v) is 4.08. The molecule has 0 saturated heterocycles. The molecule has 0 unspecified atom stereocenters. The first-order valence-corrected chi connectivity index (χ1v) is 8.45. The Hall–Kier alpha value is -2.81. The second kappa shape index (κ2) is 10.8. The molecule has 224 valence electrons. The minimum Gasteiger partial charge on any atom is -0.478 e. The van der Waals surface area contributed by atoms with Crippen LogP contribution in [0.15, 0.2) is 24.3 Å². The SMILES string of the molecule is C=C(C(=O)O)C(F)(F)C(F)(F)C(F)(F)C(F)(F)C(F)(F)C(F)(F)C(F)(F)C(F)(F)F.C=C(CCO)C(=O)O. The maximum absolute atomic E-state index is 13.3. The van der Waals surface area contributed by atoms with Crippen LogP contribution in [0.3, 0.4) is 0 Å². The molecule has 0 aromatic rings. The molecule has 5 nitrogen and oxygen atoms in total. The van der Waals surface area contributed by atoms with Gasteiger partial charge < -0.3 is 15.3 Å². The first-order chi connectivity index (χ1) is 16.3. The van der Waals surface area contributed by atoms with E-state index < -0.39 is 65.1 Å². The van der Waals surface area contributed by atoms with Crippen LogP contribution in [-0.2, 0) is 9.59 Å². The summed E-state index contributed by atoms with van der Waals surface area (Å²) < 4.78 is 218. The lowest BCUT2D eigenvalue weighted by molar-refractivity contribution is -0.460. The number of aliphatic hydroxyl groups is 1. The van der Waals surface area contributed by atoms with Crippen LogP contribution in [-0.4, -0.2) is 81.5 Å². The van der Waals surface area contributed by atoms with E-state index in [9.17, 15) is 84.2 Å². The molecule has 0 saturated carbocycles. The van der Waals surface area contributed by atoms with Gasteiger partial charge in [0.05, 0.1) is 0 Å². The van der Waals surface area contributed by atoms with E-state index in [0.717, 1.165) is 0 Å². The van der Waals surface area contributed by atoms with Crippen LogP contribution in [0.2, 0.25) is 0 Å². The fourth-order valence-electron chi connectivity index (χ4n) is 1.73. The molecule has 0 atom stereocenters. The van der Waals surface area contributed by atoms with Gasteiger partial charge in [0.2, 0.25) is 0 Å². The minimum absolute atomic E-state index is 0.0486. The predicted molar refractivity (Wildman–Crippen MR) is 85.9 cm³/mol. The van der Waals surface area contributed by atoms with E-state index in [1.165, 1.54) is 0 Å². The Morgan fingerprint density at radius 2 is 0.816 bits per heavy atom. The van der Waals surface area contributed by atoms with Gasteiger partial charge in [-0.25, -0.2) is 9.59 Å². The van der Waals surface area contributed by atoms with Gasteiger partial charge in [0, 0.05) is 18.6 Å². The molecule has 0 heterocycles. The minimum atomic E-state index is -8.76. The van der Waals surface area contributed by atoms with Crippen LogP contribution in [0, 0.1) is 0 Å². The average Bonchev–Trinajstić information content (AvgIpc) is 2.71. The summed E-state index contributed by atoms with van der Waals surface area (Å²) in [6.45, 7) is 4.59. The van der Waals surface area contributed by atoms with Crippen molar-refractivity contribution in [3.8, 4) is 0 Å². The molecule has 0 fully saturated rings. The second-order valence-corrected chi connectivity index (χ2v) is 6.68. The van der Waals surface area contributed by atoms with Crippen molar-refractivity contribution in [3.63, 3.8) is 0 Å². The second-order valence-electron chi connectivity index (χ2n) is 6.68. The number of carboxylic acid groups (broad SMARTS) is 2. The Morgan fingerprint density at radius 3 is 1.03 bits per heavy atom. The van der Waals surface area contributed by atoms with Crippen molar-refractivity contribution in [1.29, 1.82) is 0 Å². The molecule has 0 radical (unpaired) electrons. The van der Waals surface area contributed by atoms with Gasteiger partial charge in [0.15, 0.2) is 0 Å². The average molecular weight is 606 g/mol. The molecular formula is C16H11F17O5. The fraction of sp³-hybridized carbons (Fsp3) is 0.625. The fourth-order valence-corrected chi connectivity index (χ4v) is 1.73. The number of halogens is 17. The highest BCUT2D eigenvalue weighted by Gasteiger charge is 2.95. The molecule has 0 bridgehead atoms. The lowest BCUT2D eigenvalue weighted by atomic mass is 9.87. The summed E-state index contributed by atoms with van der Waals surface area (Å²) in [5, 5.41) is 24.3. The maximum atomic E-state index is 13.3. The van der Waals surface area contributed by atoms with Crippen LogP contribution in [0.4, 0.5) is 74.6 Å². The van der Waals surface area contributed by atoms with E-state index in [0.29, 0.717) is 0 Å². The molecule has 3 N–H and O–H groups in total. The highest BCUT2D eigenvalue weighted by atomic mass is 19.4. The van der Waals surface area contributed by atoms with Crippen molar-refractivity contribution < 1.29 is 99.5 Å². The molecule has 0 aliphatic heterocycles. The van der Waals surface area contributed by atoms with Gasteiger partial charge in [-0.2, -0.15) is 74.6 Å². The first-order valence-electron chi connectivity index (χ1n) is 8.45. The lowest BCUT2D eigenvalue weighted by Crippen LogP contribution is -2.74. The van der Waals surface area contributed by atoms with Crippen molar-refractivity contribution in [2.75, 3.05) is 6.61 Å². The zero-order valence-electron chi connectivity index (χ0n) is 17.4. The van der Waals surface area contributed by atoms with E-state index in [2.05, 4.69) is 6.58 Å². The van der Waals surface area contributed by atoms with Gasteiger partial charge in [0.1, 0.15) is 5.57 Å². The number of aliphatic hydroxyl groups excluding tert-OH is 1. The summed E-state index contributed by atoms with van der Waals surface area (Å²) in [7, 11) is 0. The van der Waals surface area contributed by atoms with Gasteiger partial charge in [-0.3, -0.25) is 0 Å². The van der Waals surface area contributed by atoms with Crippen molar-refractivity contribution in [1.82, 2.24) is 0 Å². The summed E-state index contributed by atoms with van der Waals surface area (Å²) in [6, 6.07) is 0. The molecule has 0 rings (SSSR count). The molecule has 38 heavy (non-hydrogen) atoms. The number of hydrogen-bond acceptors (Lipinski definition) is 3. The van der Waals surface area contributed by atoms with Crippen molar-refractivity contribution >= 4 is 11.9 Å². The van der Waals surface area contributed by atoms with E-state index in [-0.39, 0.29) is 18.6 Å². The molecular weight excluding hydrogens is 595 g/mol. The van der Waals surface area contributed by atoms with E-state index in [1.54, 1.807) is 6.58 Å². The maximum Gasteiger partial charge on any atom is 0.460 e. The molecule has 0 aliphatic carbocycles. The number of carboxylic acids is 2. The smallest absolute Gasteiger partial charge is 0.460 e. The number of hydrogen-bond donors (Lipinski definition) is 3. The Kier molecular flexibility index (Phi) is 10.6. The van der Waals surface area contributed by atoms with E-state index in [4.69, 9.17) is 15.3 Å². The molecule has 0 amide bonds. The largest absolute Gasteiger partial charge is 0.478 e. The topological polar surface area (TPSA) is 94.8 Å². The zero-order valence-corrected chi connectivity index (χ0v) is 17.4. The molecule has 0 aliphatic rings. The van der Waals surface area contributed by atoms with Crippen LogP contribution >= 0.6 is 0 Å². The number of carbonyl (C=O) groups is 2. The van der Waals surface area contributed by atoms with Crippen molar-refractivity contribution in [3.05, 3.63) is 24.3 Å². The molecule has 0 aromatic heterocycles. The monoisotopic (exact) mass is 606 g/mol. The number of rotatable bonds is 11. The summed E-state index contributed by atoms with van der Waals surface area (Å²) in [6.07, 6.45) is -7.69. The van der Waals surface area contributed by atoms with Gasteiger partial charge >= 0.3 is 59.6 Å². The van der Waals surface area contributed by atoms with Gasteiger partial charge in [-0.1, -0.05) is 13.2 Å².